The molecule has 1 aliphatic rings. The average molecular weight is 270 g/mol. The van der Waals surface area contributed by atoms with E-state index < -0.39 is 0 Å². The summed E-state index contributed by atoms with van der Waals surface area (Å²) < 4.78 is 0. The number of piperidine rings is 1. The van der Waals surface area contributed by atoms with Crippen molar-refractivity contribution in [2.24, 2.45) is 5.92 Å². The van der Waals surface area contributed by atoms with E-state index in [1.54, 1.807) is 0 Å². The highest BCUT2D eigenvalue weighted by Gasteiger charge is 2.17. The molecule has 1 aromatic heterocycles. The Kier molecular flexibility index (Phi) is 3.83. The first-order valence-corrected chi connectivity index (χ1v) is 7.38. The summed E-state index contributed by atoms with van der Waals surface area (Å²) in [6.07, 6.45) is 2.59. The standard InChI is InChI=1S/C16H22N4/c1-12-14-7-3-4-8-15(14)16(19-18-12)17-10-13-6-5-9-20(2)11-13/h3-4,7-8,13H,5-6,9-11H2,1-2H3,(H,17,19). The van der Waals surface area contributed by atoms with Gasteiger partial charge in [0.2, 0.25) is 0 Å². The van der Waals surface area contributed by atoms with E-state index in [4.69, 9.17) is 0 Å². The predicted octanol–water partition coefficient (Wildman–Crippen LogP) is 2.69. The summed E-state index contributed by atoms with van der Waals surface area (Å²) in [7, 11) is 2.20. The van der Waals surface area contributed by atoms with Gasteiger partial charge >= 0.3 is 0 Å². The molecule has 1 unspecified atom stereocenters. The first kappa shape index (κ1) is 13.3. The van der Waals surface area contributed by atoms with Gasteiger partial charge in [-0.1, -0.05) is 24.3 Å². The number of fused-ring (bicyclic) bond motifs is 1. The van der Waals surface area contributed by atoms with Gasteiger partial charge in [0.25, 0.3) is 0 Å². The summed E-state index contributed by atoms with van der Waals surface area (Å²) in [6.45, 7) is 5.38. The molecule has 1 saturated heterocycles. The van der Waals surface area contributed by atoms with Crippen LogP contribution in [0.15, 0.2) is 24.3 Å². The normalized spacial score (nSPS) is 20.2. The summed E-state index contributed by atoms with van der Waals surface area (Å²) >= 11 is 0. The van der Waals surface area contributed by atoms with Crippen LogP contribution in [0.4, 0.5) is 5.82 Å². The Morgan fingerprint density at radius 1 is 1.25 bits per heavy atom. The topological polar surface area (TPSA) is 41.1 Å². The van der Waals surface area contributed by atoms with Gasteiger partial charge in [0.15, 0.2) is 5.82 Å². The van der Waals surface area contributed by atoms with Crippen LogP contribution in [-0.2, 0) is 0 Å². The van der Waals surface area contributed by atoms with Crippen molar-refractivity contribution in [2.45, 2.75) is 19.8 Å². The maximum Gasteiger partial charge on any atom is 0.156 e. The molecule has 1 aromatic carbocycles. The lowest BCUT2D eigenvalue weighted by atomic mass is 9.98. The minimum Gasteiger partial charge on any atom is -0.368 e. The van der Waals surface area contributed by atoms with Crippen molar-refractivity contribution in [3.8, 4) is 0 Å². The van der Waals surface area contributed by atoms with Crippen molar-refractivity contribution in [2.75, 3.05) is 32.0 Å². The zero-order valence-corrected chi connectivity index (χ0v) is 12.3. The predicted molar refractivity (Wildman–Crippen MR) is 83.0 cm³/mol. The third kappa shape index (κ3) is 2.75. The fourth-order valence-electron chi connectivity index (χ4n) is 3.05. The van der Waals surface area contributed by atoms with Crippen LogP contribution in [0.25, 0.3) is 10.8 Å². The van der Waals surface area contributed by atoms with Crippen molar-refractivity contribution >= 4 is 16.6 Å². The SMILES string of the molecule is Cc1nnc(NCC2CCCN(C)C2)c2ccccc12. The molecule has 3 rings (SSSR count). The van der Waals surface area contributed by atoms with Crippen LogP contribution < -0.4 is 5.32 Å². The number of rotatable bonds is 3. The third-order valence-electron chi connectivity index (χ3n) is 4.15. The molecule has 1 fully saturated rings. The van der Waals surface area contributed by atoms with Crippen molar-refractivity contribution in [3.63, 3.8) is 0 Å². The van der Waals surface area contributed by atoms with E-state index in [1.165, 1.54) is 36.7 Å². The molecule has 4 heteroatoms. The zero-order valence-electron chi connectivity index (χ0n) is 12.3. The Morgan fingerprint density at radius 2 is 2.05 bits per heavy atom. The molecule has 0 saturated carbocycles. The Labute approximate surface area is 120 Å². The Morgan fingerprint density at radius 3 is 2.85 bits per heavy atom. The number of likely N-dealkylation sites (tertiary alicyclic amines) is 1. The van der Waals surface area contributed by atoms with E-state index in [-0.39, 0.29) is 0 Å². The highest BCUT2D eigenvalue weighted by molar-refractivity contribution is 5.92. The molecule has 4 nitrogen and oxygen atoms in total. The van der Waals surface area contributed by atoms with Gasteiger partial charge in [0, 0.05) is 23.9 Å². The number of nitrogens with zero attached hydrogens (tertiary/aromatic N) is 3. The lowest BCUT2D eigenvalue weighted by Crippen LogP contribution is -2.35. The number of hydrogen-bond acceptors (Lipinski definition) is 4. The second-order valence-electron chi connectivity index (χ2n) is 5.83. The fraction of sp³-hybridized carbons (Fsp3) is 0.500. The Hall–Kier alpha value is -1.68. The van der Waals surface area contributed by atoms with E-state index in [9.17, 15) is 0 Å². The van der Waals surface area contributed by atoms with Gasteiger partial charge in [-0.05, 0) is 39.3 Å². The number of benzene rings is 1. The molecule has 0 spiro atoms. The highest BCUT2D eigenvalue weighted by atomic mass is 15.2. The van der Waals surface area contributed by atoms with Crippen LogP contribution in [0.1, 0.15) is 18.5 Å². The molecule has 0 bridgehead atoms. The zero-order chi connectivity index (χ0) is 13.9. The van der Waals surface area contributed by atoms with E-state index in [0.717, 1.165) is 18.1 Å². The molecule has 0 aliphatic carbocycles. The molecule has 1 N–H and O–H groups in total. The molecular weight excluding hydrogens is 248 g/mol. The van der Waals surface area contributed by atoms with Gasteiger partial charge in [-0.3, -0.25) is 0 Å². The maximum absolute atomic E-state index is 4.34. The van der Waals surface area contributed by atoms with Crippen LogP contribution in [0, 0.1) is 12.8 Å². The van der Waals surface area contributed by atoms with Crippen molar-refractivity contribution in [1.29, 1.82) is 0 Å². The molecule has 20 heavy (non-hydrogen) atoms. The van der Waals surface area contributed by atoms with E-state index in [0.29, 0.717) is 5.92 Å². The largest absolute Gasteiger partial charge is 0.368 e. The molecule has 2 heterocycles. The number of hydrogen-bond donors (Lipinski definition) is 1. The molecular formula is C16H22N4. The second-order valence-corrected chi connectivity index (χ2v) is 5.83. The third-order valence-corrected chi connectivity index (χ3v) is 4.15. The second kappa shape index (κ2) is 5.75. The van der Waals surface area contributed by atoms with Gasteiger partial charge in [-0.25, -0.2) is 0 Å². The van der Waals surface area contributed by atoms with Gasteiger partial charge in [0.05, 0.1) is 5.69 Å². The lowest BCUT2D eigenvalue weighted by Gasteiger charge is -2.29. The number of nitrogens with one attached hydrogen (secondary N) is 1. The molecule has 0 amide bonds. The van der Waals surface area contributed by atoms with Crippen LogP contribution >= 0.6 is 0 Å². The summed E-state index contributed by atoms with van der Waals surface area (Å²) in [5.74, 6) is 1.62. The summed E-state index contributed by atoms with van der Waals surface area (Å²) in [6, 6.07) is 8.34. The van der Waals surface area contributed by atoms with Gasteiger partial charge in [0.1, 0.15) is 0 Å². The maximum atomic E-state index is 4.34. The van der Waals surface area contributed by atoms with Crippen LogP contribution in [-0.4, -0.2) is 41.8 Å². The summed E-state index contributed by atoms with van der Waals surface area (Å²) in [4.78, 5) is 2.41. The minimum absolute atomic E-state index is 0.704. The molecule has 2 aromatic rings. The smallest absolute Gasteiger partial charge is 0.156 e. The number of anilines is 1. The van der Waals surface area contributed by atoms with Crippen molar-refractivity contribution < 1.29 is 0 Å². The molecule has 1 aliphatic heterocycles. The van der Waals surface area contributed by atoms with Crippen molar-refractivity contribution in [1.82, 2.24) is 15.1 Å². The quantitative estimate of drug-likeness (QED) is 0.931. The first-order chi connectivity index (χ1) is 9.74. The van der Waals surface area contributed by atoms with Gasteiger partial charge < -0.3 is 10.2 Å². The molecule has 1 atom stereocenters. The van der Waals surface area contributed by atoms with Crippen LogP contribution in [0.2, 0.25) is 0 Å². The van der Waals surface area contributed by atoms with Crippen molar-refractivity contribution in [3.05, 3.63) is 30.0 Å². The Balaban J connectivity index is 1.76. The Bertz CT molecular complexity index is 596. The average Bonchev–Trinajstić information content (AvgIpc) is 2.47. The van der Waals surface area contributed by atoms with Gasteiger partial charge in [-0.15, -0.1) is 5.10 Å². The van der Waals surface area contributed by atoms with Crippen LogP contribution in [0.3, 0.4) is 0 Å². The van der Waals surface area contributed by atoms with E-state index >= 15 is 0 Å². The fourth-order valence-corrected chi connectivity index (χ4v) is 3.05. The number of aromatic nitrogens is 2. The number of aryl methyl sites for hydroxylation is 1. The van der Waals surface area contributed by atoms with E-state index in [2.05, 4.69) is 51.7 Å². The summed E-state index contributed by atoms with van der Waals surface area (Å²) in [5.41, 5.74) is 0.989. The molecule has 0 radical (unpaired) electrons. The first-order valence-electron chi connectivity index (χ1n) is 7.38. The van der Waals surface area contributed by atoms with E-state index in [1.807, 2.05) is 6.92 Å². The highest BCUT2D eigenvalue weighted by Crippen LogP contribution is 2.23. The minimum atomic E-state index is 0.704. The summed E-state index contributed by atoms with van der Waals surface area (Å²) in [5, 5.41) is 14.5. The van der Waals surface area contributed by atoms with Gasteiger partial charge in [-0.2, -0.15) is 5.10 Å². The monoisotopic (exact) mass is 270 g/mol. The van der Waals surface area contributed by atoms with Crippen LogP contribution in [0.5, 0.6) is 0 Å². The lowest BCUT2D eigenvalue weighted by molar-refractivity contribution is 0.217. The molecule has 106 valence electrons.